The SMILES string of the molecule is CC(=O)NCCCS(=O)(=O)OC(Cc1ccccc1)C(C)(C)[C@@H](O)C(=O)O. The fourth-order valence-corrected chi connectivity index (χ4v) is 3.75. The van der Waals surface area contributed by atoms with E-state index in [-0.39, 0.29) is 31.0 Å². The highest BCUT2D eigenvalue weighted by Gasteiger charge is 2.43. The number of hydrogen-bond donors (Lipinski definition) is 3. The van der Waals surface area contributed by atoms with Crippen LogP contribution in [0.4, 0.5) is 0 Å². The predicted molar refractivity (Wildman–Crippen MR) is 99.5 cm³/mol. The molecule has 0 aromatic heterocycles. The third kappa shape index (κ3) is 7.66. The number of amides is 1. The second-order valence-corrected chi connectivity index (χ2v) is 8.65. The van der Waals surface area contributed by atoms with Gasteiger partial charge in [-0.25, -0.2) is 4.79 Å². The second kappa shape index (κ2) is 9.82. The minimum Gasteiger partial charge on any atom is -0.479 e. The van der Waals surface area contributed by atoms with E-state index < -0.39 is 33.7 Å². The van der Waals surface area contributed by atoms with E-state index in [0.717, 1.165) is 5.56 Å². The quantitative estimate of drug-likeness (QED) is 0.372. The third-order valence-corrected chi connectivity index (χ3v) is 5.55. The molecule has 1 aromatic carbocycles. The summed E-state index contributed by atoms with van der Waals surface area (Å²) in [5.74, 6) is -2.05. The van der Waals surface area contributed by atoms with Gasteiger partial charge in [0.2, 0.25) is 5.91 Å². The van der Waals surface area contributed by atoms with Crippen LogP contribution in [0.5, 0.6) is 0 Å². The highest BCUT2D eigenvalue weighted by atomic mass is 32.2. The van der Waals surface area contributed by atoms with Crippen LogP contribution in [0, 0.1) is 5.41 Å². The Morgan fingerprint density at radius 3 is 2.33 bits per heavy atom. The second-order valence-electron chi connectivity index (χ2n) is 6.94. The van der Waals surface area contributed by atoms with Crippen LogP contribution in [0.15, 0.2) is 30.3 Å². The lowest BCUT2D eigenvalue weighted by Crippen LogP contribution is -2.48. The molecule has 9 heteroatoms. The average molecular weight is 401 g/mol. The minimum atomic E-state index is -4.00. The van der Waals surface area contributed by atoms with Gasteiger partial charge in [0.05, 0.1) is 11.9 Å². The molecule has 0 saturated heterocycles. The number of benzene rings is 1. The van der Waals surface area contributed by atoms with Gasteiger partial charge in [-0.3, -0.25) is 8.98 Å². The monoisotopic (exact) mass is 401 g/mol. The first-order chi connectivity index (χ1) is 12.5. The molecule has 2 atom stereocenters. The molecule has 3 N–H and O–H groups in total. The molecule has 152 valence electrons. The summed E-state index contributed by atoms with van der Waals surface area (Å²) in [7, 11) is -4.00. The van der Waals surface area contributed by atoms with Gasteiger partial charge in [-0.15, -0.1) is 0 Å². The van der Waals surface area contributed by atoms with Gasteiger partial charge in [-0.2, -0.15) is 8.42 Å². The Bertz CT molecular complexity index is 731. The van der Waals surface area contributed by atoms with E-state index in [0.29, 0.717) is 0 Å². The van der Waals surface area contributed by atoms with Gasteiger partial charge < -0.3 is 15.5 Å². The number of rotatable bonds is 11. The number of carboxylic acids is 1. The molecule has 1 amide bonds. The summed E-state index contributed by atoms with van der Waals surface area (Å²) in [5.41, 5.74) is -0.617. The molecule has 0 spiro atoms. The van der Waals surface area contributed by atoms with Gasteiger partial charge >= 0.3 is 5.97 Å². The van der Waals surface area contributed by atoms with Gasteiger partial charge in [-0.05, 0) is 12.0 Å². The molecular weight excluding hydrogens is 374 g/mol. The highest BCUT2D eigenvalue weighted by Crippen LogP contribution is 2.32. The third-order valence-electron chi connectivity index (χ3n) is 4.24. The van der Waals surface area contributed by atoms with Crippen molar-refractivity contribution in [2.45, 2.75) is 45.8 Å². The normalized spacial score (nSPS) is 14.4. The van der Waals surface area contributed by atoms with Crippen molar-refractivity contribution in [2.24, 2.45) is 5.41 Å². The Kier molecular flexibility index (Phi) is 8.39. The lowest BCUT2D eigenvalue weighted by molar-refractivity contribution is -0.157. The van der Waals surface area contributed by atoms with Crippen LogP contribution in [0.1, 0.15) is 32.8 Å². The maximum atomic E-state index is 12.4. The van der Waals surface area contributed by atoms with E-state index in [1.54, 1.807) is 30.3 Å². The van der Waals surface area contributed by atoms with Crippen molar-refractivity contribution in [1.29, 1.82) is 0 Å². The van der Waals surface area contributed by atoms with Crippen LogP contribution < -0.4 is 5.32 Å². The molecule has 0 aliphatic heterocycles. The molecule has 0 heterocycles. The van der Waals surface area contributed by atoms with Gasteiger partial charge in [0, 0.05) is 25.3 Å². The van der Waals surface area contributed by atoms with Gasteiger partial charge in [0.25, 0.3) is 10.1 Å². The highest BCUT2D eigenvalue weighted by molar-refractivity contribution is 7.86. The Labute approximate surface area is 159 Å². The molecule has 0 aliphatic rings. The van der Waals surface area contributed by atoms with Crippen LogP contribution in [0.2, 0.25) is 0 Å². The first-order valence-electron chi connectivity index (χ1n) is 8.56. The zero-order valence-electron chi connectivity index (χ0n) is 15.7. The molecule has 1 unspecified atom stereocenters. The topological polar surface area (TPSA) is 130 Å². The maximum absolute atomic E-state index is 12.4. The van der Waals surface area contributed by atoms with E-state index in [2.05, 4.69) is 5.32 Å². The Hall–Kier alpha value is -1.97. The molecule has 0 fully saturated rings. The largest absolute Gasteiger partial charge is 0.479 e. The van der Waals surface area contributed by atoms with Crippen molar-refractivity contribution in [2.75, 3.05) is 12.3 Å². The number of aliphatic hydroxyl groups is 1. The Balaban J connectivity index is 2.96. The molecule has 27 heavy (non-hydrogen) atoms. The number of carbonyl (C=O) groups excluding carboxylic acids is 1. The number of nitrogens with one attached hydrogen (secondary N) is 1. The first-order valence-corrected chi connectivity index (χ1v) is 10.1. The summed E-state index contributed by atoms with van der Waals surface area (Å²) in [6.07, 6.45) is -2.62. The first kappa shape index (κ1) is 23.1. The van der Waals surface area contributed by atoms with Crippen molar-refractivity contribution < 1.29 is 32.4 Å². The van der Waals surface area contributed by atoms with Crippen LogP contribution in [-0.2, 0) is 30.3 Å². The summed E-state index contributed by atoms with van der Waals surface area (Å²) in [4.78, 5) is 22.1. The number of aliphatic hydroxyl groups excluding tert-OH is 1. The van der Waals surface area contributed by atoms with Gasteiger partial charge in [-0.1, -0.05) is 44.2 Å². The Morgan fingerprint density at radius 1 is 1.22 bits per heavy atom. The van der Waals surface area contributed by atoms with E-state index in [9.17, 15) is 23.1 Å². The zero-order chi connectivity index (χ0) is 20.7. The minimum absolute atomic E-state index is 0.114. The summed E-state index contributed by atoms with van der Waals surface area (Å²) in [6, 6.07) is 8.88. The smallest absolute Gasteiger partial charge is 0.333 e. The van der Waals surface area contributed by atoms with E-state index in [4.69, 9.17) is 9.29 Å². The van der Waals surface area contributed by atoms with Crippen LogP contribution in [0.25, 0.3) is 0 Å². The van der Waals surface area contributed by atoms with Crippen molar-refractivity contribution in [1.82, 2.24) is 5.32 Å². The number of carbonyl (C=O) groups is 2. The lowest BCUT2D eigenvalue weighted by Gasteiger charge is -2.35. The van der Waals surface area contributed by atoms with Crippen molar-refractivity contribution >= 4 is 22.0 Å². The zero-order valence-corrected chi connectivity index (χ0v) is 16.5. The van der Waals surface area contributed by atoms with Crippen molar-refractivity contribution in [3.05, 3.63) is 35.9 Å². The molecule has 1 rings (SSSR count). The van der Waals surface area contributed by atoms with Crippen LogP contribution >= 0.6 is 0 Å². The molecular formula is C18H27NO7S. The molecule has 0 radical (unpaired) electrons. The fourth-order valence-electron chi connectivity index (χ4n) is 2.48. The van der Waals surface area contributed by atoms with Gasteiger partial charge in [0.15, 0.2) is 6.10 Å². The van der Waals surface area contributed by atoms with E-state index in [1.165, 1.54) is 20.8 Å². The summed E-state index contributed by atoms with van der Waals surface area (Å²) >= 11 is 0. The van der Waals surface area contributed by atoms with Gasteiger partial charge in [0.1, 0.15) is 0 Å². The standard InChI is InChI=1S/C18H27NO7S/c1-13(20)19-10-7-11-27(24,25)26-15(12-14-8-5-4-6-9-14)18(2,3)16(21)17(22)23/h4-6,8-9,15-16,21H,7,10-12H2,1-3H3,(H,19,20)(H,22,23)/t15?,16-/m0/s1. The summed E-state index contributed by atoms with van der Waals surface area (Å²) in [6.45, 7) is 4.41. The number of aliphatic carboxylic acids is 1. The number of carboxylic acid groups (broad SMARTS) is 1. The molecule has 1 aromatic rings. The molecule has 0 saturated carbocycles. The average Bonchev–Trinajstić information content (AvgIpc) is 2.58. The molecule has 8 nitrogen and oxygen atoms in total. The Morgan fingerprint density at radius 2 is 1.81 bits per heavy atom. The van der Waals surface area contributed by atoms with Crippen LogP contribution in [0.3, 0.4) is 0 Å². The lowest BCUT2D eigenvalue weighted by atomic mass is 9.78. The molecule has 0 aliphatic carbocycles. The van der Waals surface area contributed by atoms with Crippen molar-refractivity contribution in [3.63, 3.8) is 0 Å². The predicted octanol–water partition coefficient (Wildman–Crippen LogP) is 0.942. The van der Waals surface area contributed by atoms with E-state index in [1.807, 2.05) is 0 Å². The van der Waals surface area contributed by atoms with E-state index >= 15 is 0 Å². The summed E-state index contributed by atoms with van der Waals surface area (Å²) in [5, 5.41) is 21.7. The summed E-state index contributed by atoms with van der Waals surface area (Å²) < 4.78 is 30.0. The maximum Gasteiger partial charge on any atom is 0.333 e. The fraction of sp³-hybridized carbons (Fsp3) is 0.556. The van der Waals surface area contributed by atoms with Crippen molar-refractivity contribution in [3.8, 4) is 0 Å². The number of hydrogen-bond acceptors (Lipinski definition) is 6. The van der Waals surface area contributed by atoms with Crippen LogP contribution in [-0.4, -0.2) is 55.0 Å². The molecule has 0 bridgehead atoms.